The quantitative estimate of drug-likeness (QED) is 0.215. The molecule has 5 rings (SSSR count). The van der Waals surface area contributed by atoms with Crippen LogP contribution in [0.2, 0.25) is 0 Å². The molecule has 0 unspecified atom stereocenters. The summed E-state index contributed by atoms with van der Waals surface area (Å²) in [5, 5.41) is 0. The summed E-state index contributed by atoms with van der Waals surface area (Å²) >= 11 is 6.62. The van der Waals surface area contributed by atoms with E-state index in [1.54, 1.807) is 24.4 Å². The van der Waals surface area contributed by atoms with Crippen LogP contribution in [-0.2, 0) is 26.0 Å². The van der Waals surface area contributed by atoms with Crippen molar-refractivity contribution in [2.45, 2.75) is 24.3 Å². The summed E-state index contributed by atoms with van der Waals surface area (Å²) in [6.45, 7) is 1.84. The summed E-state index contributed by atoms with van der Waals surface area (Å²) < 4.78 is 28.4. The number of carbonyl (C=O) groups excluding carboxylic acids is 2. The summed E-state index contributed by atoms with van der Waals surface area (Å²) in [5.41, 5.74) is 4.18. The lowest BCUT2D eigenvalue weighted by molar-refractivity contribution is -0.131. The van der Waals surface area contributed by atoms with Crippen LogP contribution in [0.25, 0.3) is 17.3 Å². The molecular weight excluding hydrogens is 575 g/mol. The molecule has 206 valence electrons. The van der Waals surface area contributed by atoms with E-state index in [0.717, 1.165) is 39.7 Å². The van der Waals surface area contributed by atoms with Gasteiger partial charge in [0.15, 0.2) is 0 Å². The van der Waals surface area contributed by atoms with E-state index >= 15 is 0 Å². The van der Waals surface area contributed by atoms with Crippen molar-refractivity contribution in [3.63, 3.8) is 0 Å². The van der Waals surface area contributed by atoms with Crippen LogP contribution < -0.4 is 4.72 Å². The Hall–Kier alpha value is -4.12. The van der Waals surface area contributed by atoms with Crippen molar-refractivity contribution in [3.05, 3.63) is 125 Å². The maximum absolute atomic E-state index is 13.6. The lowest BCUT2D eigenvalue weighted by atomic mass is 10.0. The molecule has 0 aliphatic carbocycles. The molecule has 7 nitrogen and oxygen atoms in total. The number of aryl methyl sites for hydroxylation is 1. The second-order valence-electron chi connectivity index (χ2n) is 9.38. The second kappa shape index (κ2) is 12.2. The highest BCUT2D eigenvalue weighted by molar-refractivity contribution is 8.26. The molecule has 0 saturated carbocycles. The first kappa shape index (κ1) is 28.4. The zero-order valence-corrected chi connectivity index (χ0v) is 24.4. The van der Waals surface area contributed by atoms with Gasteiger partial charge in [-0.2, -0.15) is 0 Å². The van der Waals surface area contributed by atoms with E-state index in [-0.39, 0.29) is 15.6 Å². The van der Waals surface area contributed by atoms with E-state index in [4.69, 9.17) is 12.2 Å². The van der Waals surface area contributed by atoms with Crippen LogP contribution >= 0.6 is 24.0 Å². The first-order valence-electron chi connectivity index (χ1n) is 12.7. The summed E-state index contributed by atoms with van der Waals surface area (Å²) in [4.78, 5) is 33.0. The van der Waals surface area contributed by atoms with Crippen LogP contribution in [0.5, 0.6) is 0 Å². The Labute approximate surface area is 248 Å². The van der Waals surface area contributed by atoms with Gasteiger partial charge in [0.1, 0.15) is 10.4 Å². The summed E-state index contributed by atoms with van der Waals surface area (Å²) in [5.74, 6) is -1.30. The monoisotopic (exact) mass is 599 g/mol. The van der Waals surface area contributed by atoms with Gasteiger partial charge in [0.25, 0.3) is 21.8 Å². The molecule has 2 heterocycles. The van der Waals surface area contributed by atoms with Crippen molar-refractivity contribution in [2.75, 3.05) is 0 Å². The third-order valence-corrected chi connectivity index (χ3v) is 9.14. The smallest absolute Gasteiger partial charge is 0.266 e. The Kier molecular flexibility index (Phi) is 8.44. The number of amides is 2. The van der Waals surface area contributed by atoms with E-state index in [9.17, 15) is 18.0 Å². The number of benzene rings is 3. The molecule has 1 atom stereocenters. The Morgan fingerprint density at radius 2 is 1.66 bits per heavy atom. The van der Waals surface area contributed by atoms with Crippen LogP contribution in [-0.4, -0.2) is 40.5 Å². The fourth-order valence-corrected chi connectivity index (χ4v) is 6.67. The number of pyridine rings is 1. The van der Waals surface area contributed by atoms with Crippen LogP contribution in [0.15, 0.2) is 113 Å². The molecule has 3 aromatic carbocycles. The third kappa shape index (κ3) is 6.62. The average Bonchev–Trinajstić information content (AvgIpc) is 3.25. The first-order chi connectivity index (χ1) is 19.7. The first-order valence-corrected chi connectivity index (χ1v) is 15.4. The van der Waals surface area contributed by atoms with Gasteiger partial charge in [-0.25, -0.2) is 13.1 Å². The molecule has 0 radical (unpaired) electrons. The Balaban J connectivity index is 1.41. The summed E-state index contributed by atoms with van der Waals surface area (Å²) in [6.07, 6.45) is 3.51. The molecular formula is C31H25N3O4S3. The van der Waals surface area contributed by atoms with Gasteiger partial charge < -0.3 is 0 Å². The van der Waals surface area contributed by atoms with E-state index in [0.29, 0.717) is 4.91 Å². The van der Waals surface area contributed by atoms with Gasteiger partial charge in [0.2, 0.25) is 0 Å². The van der Waals surface area contributed by atoms with Gasteiger partial charge in [-0.1, -0.05) is 102 Å². The topological polar surface area (TPSA) is 96.4 Å². The SMILES string of the molecule is Cc1ccc(S(=O)(=O)NC(=O)[C@H](Cc2ccccc2)N2C(=O)/C(=C/c3ccc(-c4ccccn4)cc3)SC2=S)cc1. The van der Waals surface area contributed by atoms with E-state index < -0.39 is 27.9 Å². The molecule has 1 N–H and O–H groups in total. The van der Waals surface area contributed by atoms with E-state index in [1.807, 2.05) is 79.7 Å². The van der Waals surface area contributed by atoms with Crippen LogP contribution in [0, 0.1) is 6.92 Å². The summed E-state index contributed by atoms with van der Waals surface area (Å²) in [7, 11) is -4.17. The second-order valence-corrected chi connectivity index (χ2v) is 12.7. The lowest BCUT2D eigenvalue weighted by Gasteiger charge is -2.26. The molecule has 1 fully saturated rings. The number of nitrogens with one attached hydrogen (secondary N) is 1. The molecule has 1 aliphatic rings. The molecule has 10 heteroatoms. The van der Waals surface area contributed by atoms with Crippen molar-refractivity contribution in [3.8, 4) is 11.3 Å². The highest BCUT2D eigenvalue weighted by Crippen LogP contribution is 2.35. The number of nitrogens with zero attached hydrogens (tertiary/aromatic N) is 2. The molecule has 1 aromatic heterocycles. The van der Waals surface area contributed by atoms with Crippen molar-refractivity contribution < 1.29 is 18.0 Å². The van der Waals surface area contributed by atoms with Gasteiger partial charge >= 0.3 is 0 Å². The number of hydrogen-bond acceptors (Lipinski definition) is 7. The van der Waals surface area contributed by atoms with Crippen LogP contribution in [0.1, 0.15) is 16.7 Å². The van der Waals surface area contributed by atoms with E-state index in [2.05, 4.69) is 9.71 Å². The fourth-order valence-electron chi connectivity index (χ4n) is 4.30. The van der Waals surface area contributed by atoms with Crippen molar-refractivity contribution in [2.24, 2.45) is 0 Å². The van der Waals surface area contributed by atoms with Crippen molar-refractivity contribution in [1.29, 1.82) is 0 Å². The number of sulfonamides is 1. The molecule has 1 saturated heterocycles. The van der Waals surface area contributed by atoms with E-state index in [1.165, 1.54) is 17.0 Å². The predicted molar refractivity (Wildman–Crippen MR) is 165 cm³/mol. The lowest BCUT2D eigenvalue weighted by Crippen LogP contribution is -2.51. The van der Waals surface area contributed by atoms with Gasteiger partial charge in [0, 0.05) is 18.2 Å². The van der Waals surface area contributed by atoms with Crippen molar-refractivity contribution >= 4 is 56.2 Å². The number of carbonyl (C=O) groups is 2. The molecule has 2 amide bonds. The maximum atomic E-state index is 13.6. The highest BCUT2D eigenvalue weighted by Gasteiger charge is 2.41. The largest absolute Gasteiger partial charge is 0.280 e. The van der Waals surface area contributed by atoms with Gasteiger partial charge in [0.05, 0.1) is 15.5 Å². The van der Waals surface area contributed by atoms with Crippen LogP contribution in [0.4, 0.5) is 0 Å². The number of hydrogen-bond donors (Lipinski definition) is 1. The Morgan fingerprint density at radius 1 is 0.976 bits per heavy atom. The Bertz CT molecular complexity index is 1720. The minimum atomic E-state index is -4.17. The van der Waals surface area contributed by atoms with Gasteiger partial charge in [-0.15, -0.1) is 0 Å². The number of rotatable bonds is 8. The molecule has 4 aromatic rings. The Morgan fingerprint density at radius 3 is 2.32 bits per heavy atom. The normalized spacial score (nSPS) is 15.2. The fraction of sp³-hybridized carbons (Fsp3) is 0.0968. The molecule has 0 bridgehead atoms. The zero-order chi connectivity index (χ0) is 29.0. The highest BCUT2D eigenvalue weighted by atomic mass is 32.2. The predicted octanol–water partition coefficient (Wildman–Crippen LogP) is 5.37. The third-order valence-electron chi connectivity index (χ3n) is 6.45. The van der Waals surface area contributed by atoms with Gasteiger partial charge in [-0.3, -0.25) is 19.5 Å². The minimum absolute atomic E-state index is 0.0469. The van der Waals surface area contributed by atoms with Crippen LogP contribution in [0.3, 0.4) is 0 Å². The standard InChI is InChI=1S/C31H25N3O4S3/c1-21-10-16-25(17-11-21)41(37,38)33-29(35)27(19-22-7-3-2-4-8-22)34-30(36)28(40-31(34)39)20-23-12-14-24(15-13-23)26-9-5-6-18-32-26/h2-18,20,27H,19H2,1H3,(H,33,35)/b28-20-/t27-/m0/s1. The molecule has 0 spiro atoms. The summed E-state index contributed by atoms with van der Waals surface area (Å²) in [6, 6.07) is 27.3. The average molecular weight is 600 g/mol. The molecule has 1 aliphatic heterocycles. The van der Waals surface area contributed by atoms with Crippen molar-refractivity contribution in [1.82, 2.24) is 14.6 Å². The molecule has 41 heavy (non-hydrogen) atoms. The number of thiocarbonyl (C=S) groups is 1. The maximum Gasteiger partial charge on any atom is 0.266 e. The zero-order valence-electron chi connectivity index (χ0n) is 21.9. The van der Waals surface area contributed by atoms with Gasteiger partial charge in [-0.05, 0) is 48.4 Å². The number of aromatic nitrogens is 1. The number of thioether (sulfide) groups is 1. The minimum Gasteiger partial charge on any atom is -0.280 e.